The Morgan fingerprint density at radius 1 is 1.22 bits per heavy atom. The van der Waals surface area contributed by atoms with Gasteiger partial charge in [-0.15, -0.1) is 11.8 Å². The average Bonchev–Trinajstić information content (AvgIpc) is 2.31. The van der Waals surface area contributed by atoms with Crippen LogP contribution in [0.5, 0.6) is 0 Å². The van der Waals surface area contributed by atoms with Gasteiger partial charge in [-0.25, -0.2) is 0 Å². The molecule has 18 heavy (non-hydrogen) atoms. The quantitative estimate of drug-likeness (QED) is 0.600. The number of hydrogen-bond acceptors (Lipinski definition) is 3. The molecule has 0 saturated heterocycles. The maximum Gasteiger partial charge on any atom is 0.441 e. The third-order valence-corrected chi connectivity index (χ3v) is 4.08. The number of nitrogens with one attached hydrogen (secondary N) is 1. The molecule has 0 atom stereocenters. The molecule has 0 aliphatic carbocycles. The van der Waals surface area contributed by atoms with Gasteiger partial charge < -0.3 is 5.32 Å². The van der Waals surface area contributed by atoms with E-state index >= 15 is 0 Å². The first-order valence-corrected chi connectivity index (χ1v) is 7.61. The molecule has 0 amide bonds. The van der Waals surface area contributed by atoms with Gasteiger partial charge >= 0.3 is 5.51 Å². The van der Waals surface area contributed by atoms with Crippen LogP contribution in [-0.4, -0.2) is 23.6 Å². The Balaban J connectivity index is 2.33. The van der Waals surface area contributed by atoms with Gasteiger partial charge in [0.05, 0.1) is 0 Å². The Morgan fingerprint density at radius 2 is 2.00 bits per heavy atom. The van der Waals surface area contributed by atoms with Crippen LogP contribution in [0, 0.1) is 0 Å². The number of alkyl halides is 3. The second-order valence-electron chi connectivity index (χ2n) is 3.57. The molecule has 102 valence electrons. The van der Waals surface area contributed by atoms with Crippen LogP contribution in [0.1, 0.15) is 12.5 Å². The molecule has 0 fully saturated rings. The number of thioether (sulfide) groups is 2. The summed E-state index contributed by atoms with van der Waals surface area (Å²) in [5.74, 6) is 0.556. The number of hydrogen-bond donors (Lipinski definition) is 1. The highest BCUT2D eigenvalue weighted by Gasteiger charge is 2.27. The van der Waals surface area contributed by atoms with Crippen LogP contribution in [0.15, 0.2) is 29.2 Å². The molecule has 1 N–H and O–H groups in total. The van der Waals surface area contributed by atoms with Gasteiger partial charge in [0.15, 0.2) is 0 Å². The monoisotopic (exact) mass is 295 g/mol. The fourth-order valence-corrected chi connectivity index (χ4v) is 2.87. The van der Waals surface area contributed by atoms with Gasteiger partial charge in [-0.3, -0.25) is 0 Å². The van der Waals surface area contributed by atoms with Crippen molar-refractivity contribution >= 4 is 23.5 Å². The van der Waals surface area contributed by atoms with Crippen LogP contribution in [0.3, 0.4) is 0 Å². The largest absolute Gasteiger partial charge is 0.441 e. The summed E-state index contributed by atoms with van der Waals surface area (Å²) in [6, 6.07) is 7.90. The van der Waals surface area contributed by atoms with E-state index in [0.717, 1.165) is 23.5 Å². The predicted octanol–water partition coefficient (Wildman–Crippen LogP) is 4.14. The molecule has 1 aromatic carbocycles. The van der Waals surface area contributed by atoms with Crippen LogP contribution in [0.25, 0.3) is 0 Å². The number of rotatable bonds is 7. The smallest absolute Gasteiger partial charge is 0.313 e. The van der Waals surface area contributed by atoms with E-state index in [0.29, 0.717) is 5.75 Å². The molecule has 0 aliphatic heterocycles. The molecule has 1 aromatic rings. The number of halogens is 3. The van der Waals surface area contributed by atoms with E-state index < -0.39 is 5.51 Å². The van der Waals surface area contributed by atoms with E-state index in [1.165, 1.54) is 11.8 Å². The first-order valence-electron chi connectivity index (χ1n) is 5.64. The third kappa shape index (κ3) is 7.18. The molecule has 0 spiro atoms. The topological polar surface area (TPSA) is 12.0 Å². The van der Waals surface area contributed by atoms with Crippen LogP contribution in [0.4, 0.5) is 13.2 Å². The van der Waals surface area contributed by atoms with E-state index in [-0.39, 0.29) is 17.5 Å². The summed E-state index contributed by atoms with van der Waals surface area (Å²) in [5, 5.41) is 3.22. The highest BCUT2D eigenvalue weighted by molar-refractivity contribution is 8.03. The summed E-state index contributed by atoms with van der Waals surface area (Å²) in [7, 11) is 0. The molecule has 0 heterocycles. The van der Waals surface area contributed by atoms with E-state index in [4.69, 9.17) is 0 Å². The van der Waals surface area contributed by atoms with E-state index in [9.17, 15) is 13.2 Å². The van der Waals surface area contributed by atoms with Gasteiger partial charge in [0, 0.05) is 22.9 Å². The molecule has 0 unspecified atom stereocenters. The Kier molecular flexibility index (Phi) is 6.96. The Bertz CT molecular complexity index is 355. The minimum Gasteiger partial charge on any atom is -0.313 e. The lowest BCUT2D eigenvalue weighted by molar-refractivity contribution is -0.0326. The molecule has 0 aromatic heterocycles. The summed E-state index contributed by atoms with van der Waals surface area (Å²) in [6.07, 6.45) is 0. The second-order valence-corrected chi connectivity index (χ2v) is 5.90. The van der Waals surface area contributed by atoms with Gasteiger partial charge in [-0.2, -0.15) is 13.2 Å². The zero-order chi connectivity index (χ0) is 13.4. The van der Waals surface area contributed by atoms with Crippen molar-refractivity contribution in [2.45, 2.75) is 23.9 Å². The summed E-state index contributed by atoms with van der Waals surface area (Å²) >= 11 is 1.50. The fourth-order valence-electron chi connectivity index (χ4n) is 1.33. The molecule has 0 aliphatic rings. The van der Waals surface area contributed by atoms with Crippen molar-refractivity contribution in [3.63, 3.8) is 0 Å². The van der Waals surface area contributed by atoms with Crippen LogP contribution in [0.2, 0.25) is 0 Å². The molecular weight excluding hydrogens is 279 g/mol. The fraction of sp³-hybridized carbons (Fsp3) is 0.500. The standard InChI is InChI=1S/C12H16F3NS2/c1-2-16-9-10-4-3-5-11(8-10)17-6-7-18-12(13,14)15/h3-5,8,16H,2,6-7,9H2,1H3. The van der Waals surface area contributed by atoms with Crippen molar-refractivity contribution in [3.05, 3.63) is 29.8 Å². The summed E-state index contributed by atoms with van der Waals surface area (Å²) < 4.78 is 35.8. The average molecular weight is 295 g/mol. The highest BCUT2D eigenvalue weighted by atomic mass is 32.2. The van der Waals surface area contributed by atoms with Gasteiger partial charge in [-0.05, 0) is 24.2 Å². The molecule has 1 nitrogen and oxygen atoms in total. The van der Waals surface area contributed by atoms with E-state index in [1.54, 1.807) is 0 Å². The van der Waals surface area contributed by atoms with Crippen LogP contribution < -0.4 is 5.32 Å². The Hall–Kier alpha value is -0.330. The molecule has 0 radical (unpaired) electrons. The molecule has 0 bridgehead atoms. The van der Waals surface area contributed by atoms with Crippen molar-refractivity contribution in [2.24, 2.45) is 0 Å². The van der Waals surface area contributed by atoms with Gasteiger partial charge in [0.25, 0.3) is 0 Å². The van der Waals surface area contributed by atoms with Crippen molar-refractivity contribution < 1.29 is 13.2 Å². The lowest BCUT2D eigenvalue weighted by atomic mass is 10.2. The van der Waals surface area contributed by atoms with Gasteiger partial charge in [0.1, 0.15) is 0 Å². The zero-order valence-electron chi connectivity index (χ0n) is 10.1. The van der Waals surface area contributed by atoms with E-state index in [1.807, 2.05) is 31.2 Å². The van der Waals surface area contributed by atoms with Crippen LogP contribution in [-0.2, 0) is 6.54 Å². The molecular formula is C12H16F3NS2. The van der Waals surface area contributed by atoms with Crippen LogP contribution >= 0.6 is 23.5 Å². The van der Waals surface area contributed by atoms with Gasteiger partial charge in [-0.1, -0.05) is 30.8 Å². The van der Waals surface area contributed by atoms with Gasteiger partial charge in [0.2, 0.25) is 0 Å². The second kappa shape index (κ2) is 7.96. The lowest BCUT2D eigenvalue weighted by Crippen LogP contribution is -2.11. The Labute approximate surface area is 114 Å². The zero-order valence-corrected chi connectivity index (χ0v) is 11.7. The first kappa shape index (κ1) is 15.7. The normalized spacial score (nSPS) is 11.8. The minimum absolute atomic E-state index is 0.0377. The predicted molar refractivity (Wildman–Crippen MR) is 73.1 cm³/mol. The van der Waals surface area contributed by atoms with Crippen molar-refractivity contribution in [2.75, 3.05) is 18.1 Å². The molecule has 6 heteroatoms. The van der Waals surface area contributed by atoms with Crippen molar-refractivity contribution in [1.29, 1.82) is 0 Å². The van der Waals surface area contributed by atoms with Crippen molar-refractivity contribution in [1.82, 2.24) is 5.32 Å². The SMILES string of the molecule is CCNCc1cccc(SCCSC(F)(F)F)c1. The lowest BCUT2D eigenvalue weighted by Gasteiger charge is -2.07. The highest BCUT2D eigenvalue weighted by Crippen LogP contribution is 2.31. The molecule has 0 saturated carbocycles. The Morgan fingerprint density at radius 3 is 2.67 bits per heavy atom. The summed E-state index contributed by atoms with van der Waals surface area (Å²) in [4.78, 5) is 1.02. The summed E-state index contributed by atoms with van der Waals surface area (Å²) in [6.45, 7) is 3.73. The minimum atomic E-state index is -4.12. The third-order valence-electron chi connectivity index (χ3n) is 2.10. The maximum atomic E-state index is 11.9. The van der Waals surface area contributed by atoms with Crippen molar-refractivity contribution in [3.8, 4) is 0 Å². The van der Waals surface area contributed by atoms with E-state index in [2.05, 4.69) is 5.32 Å². The first-order chi connectivity index (χ1) is 8.51. The maximum absolute atomic E-state index is 11.9. The summed E-state index contributed by atoms with van der Waals surface area (Å²) in [5.41, 5.74) is -2.96. The number of benzene rings is 1. The molecule has 1 rings (SSSR count).